The maximum absolute atomic E-state index is 13.0. The Morgan fingerprint density at radius 2 is 1.96 bits per heavy atom. The lowest BCUT2D eigenvalue weighted by atomic mass is 9.96. The van der Waals surface area contributed by atoms with Crippen LogP contribution in [0.15, 0.2) is 30.3 Å². The molecule has 2 N–H and O–H groups in total. The van der Waals surface area contributed by atoms with Crippen LogP contribution in [0.4, 0.5) is 5.82 Å². The van der Waals surface area contributed by atoms with Crippen LogP contribution >= 0.6 is 0 Å². The Hall–Kier alpha value is -3.22. The number of aryl methyl sites for hydroxylation is 1. The SMILES string of the molecule is CCc1ccc(NC)nc1-c1cccc2c1CN(C1CCC(=O)NC1=O)C2=O. The maximum Gasteiger partial charge on any atom is 0.255 e. The van der Waals surface area contributed by atoms with Crippen molar-refractivity contribution in [1.82, 2.24) is 15.2 Å². The fourth-order valence-electron chi connectivity index (χ4n) is 3.95. The molecule has 1 aromatic heterocycles. The van der Waals surface area contributed by atoms with Gasteiger partial charge < -0.3 is 10.2 Å². The van der Waals surface area contributed by atoms with E-state index in [-0.39, 0.29) is 18.2 Å². The number of anilines is 1. The molecule has 1 atom stereocenters. The van der Waals surface area contributed by atoms with Crippen molar-refractivity contribution in [2.24, 2.45) is 0 Å². The third-order valence-electron chi connectivity index (χ3n) is 5.45. The number of carbonyl (C=O) groups is 3. The molecule has 0 aliphatic carbocycles. The third kappa shape index (κ3) is 2.93. The molecule has 3 heterocycles. The summed E-state index contributed by atoms with van der Waals surface area (Å²) in [5, 5.41) is 5.40. The van der Waals surface area contributed by atoms with Crippen LogP contribution in [0.2, 0.25) is 0 Å². The van der Waals surface area contributed by atoms with Crippen molar-refractivity contribution < 1.29 is 14.4 Å². The van der Waals surface area contributed by atoms with Crippen LogP contribution in [0, 0.1) is 0 Å². The van der Waals surface area contributed by atoms with Crippen molar-refractivity contribution in [3.63, 3.8) is 0 Å². The Morgan fingerprint density at radius 3 is 2.68 bits per heavy atom. The molecule has 2 aliphatic heterocycles. The molecular formula is C21H22N4O3. The third-order valence-corrected chi connectivity index (χ3v) is 5.45. The molecule has 0 bridgehead atoms. The fourth-order valence-corrected chi connectivity index (χ4v) is 3.95. The number of benzene rings is 1. The summed E-state index contributed by atoms with van der Waals surface area (Å²) < 4.78 is 0. The summed E-state index contributed by atoms with van der Waals surface area (Å²) in [4.78, 5) is 43.1. The monoisotopic (exact) mass is 378 g/mol. The first-order valence-corrected chi connectivity index (χ1v) is 9.48. The predicted molar refractivity (Wildman–Crippen MR) is 105 cm³/mol. The number of imide groups is 1. The zero-order valence-corrected chi connectivity index (χ0v) is 15.9. The van der Waals surface area contributed by atoms with Crippen LogP contribution in [0.3, 0.4) is 0 Å². The van der Waals surface area contributed by atoms with E-state index in [0.717, 1.165) is 34.6 Å². The Kier molecular flexibility index (Phi) is 4.58. The van der Waals surface area contributed by atoms with Crippen molar-refractivity contribution in [2.45, 2.75) is 38.8 Å². The van der Waals surface area contributed by atoms with E-state index in [1.165, 1.54) is 0 Å². The van der Waals surface area contributed by atoms with E-state index < -0.39 is 11.9 Å². The van der Waals surface area contributed by atoms with E-state index in [0.29, 0.717) is 18.5 Å². The van der Waals surface area contributed by atoms with E-state index in [9.17, 15) is 14.4 Å². The van der Waals surface area contributed by atoms with Gasteiger partial charge in [0.2, 0.25) is 11.8 Å². The van der Waals surface area contributed by atoms with Gasteiger partial charge in [-0.15, -0.1) is 0 Å². The van der Waals surface area contributed by atoms with Gasteiger partial charge in [-0.2, -0.15) is 0 Å². The van der Waals surface area contributed by atoms with E-state index >= 15 is 0 Å². The van der Waals surface area contributed by atoms with E-state index in [2.05, 4.69) is 17.6 Å². The molecule has 1 unspecified atom stereocenters. The quantitative estimate of drug-likeness (QED) is 0.795. The summed E-state index contributed by atoms with van der Waals surface area (Å²) in [7, 11) is 1.82. The summed E-state index contributed by atoms with van der Waals surface area (Å²) in [6.07, 6.45) is 1.42. The Labute approximate surface area is 163 Å². The first kappa shape index (κ1) is 18.2. The first-order chi connectivity index (χ1) is 13.5. The van der Waals surface area contributed by atoms with E-state index in [1.54, 1.807) is 11.0 Å². The van der Waals surface area contributed by atoms with Gasteiger partial charge in [0.1, 0.15) is 11.9 Å². The molecule has 4 rings (SSSR count). The Balaban J connectivity index is 1.75. The molecule has 0 spiro atoms. The lowest BCUT2D eigenvalue weighted by Gasteiger charge is -2.29. The number of fused-ring (bicyclic) bond motifs is 1. The lowest BCUT2D eigenvalue weighted by Crippen LogP contribution is -2.52. The molecular weight excluding hydrogens is 356 g/mol. The Morgan fingerprint density at radius 1 is 1.18 bits per heavy atom. The summed E-state index contributed by atoms with van der Waals surface area (Å²) in [5.41, 5.74) is 4.34. The zero-order chi connectivity index (χ0) is 19.8. The molecule has 7 nitrogen and oxygen atoms in total. The molecule has 0 radical (unpaired) electrons. The van der Waals surface area contributed by atoms with Crippen LogP contribution < -0.4 is 10.6 Å². The summed E-state index contributed by atoms with van der Waals surface area (Å²) >= 11 is 0. The number of nitrogens with one attached hydrogen (secondary N) is 2. The Bertz CT molecular complexity index is 986. The molecule has 0 saturated carbocycles. The van der Waals surface area contributed by atoms with Gasteiger partial charge in [0.15, 0.2) is 0 Å². The predicted octanol–water partition coefficient (Wildman–Crippen LogP) is 2.11. The van der Waals surface area contributed by atoms with Crippen molar-refractivity contribution in [1.29, 1.82) is 0 Å². The van der Waals surface area contributed by atoms with Crippen molar-refractivity contribution >= 4 is 23.5 Å². The highest BCUT2D eigenvalue weighted by molar-refractivity contribution is 6.06. The normalized spacial score (nSPS) is 18.9. The number of amides is 3. The zero-order valence-electron chi connectivity index (χ0n) is 15.9. The summed E-state index contributed by atoms with van der Waals surface area (Å²) in [6.45, 7) is 2.41. The highest BCUT2D eigenvalue weighted by Crippen LogP contribution is 2.35. The largest absolute Gasteiger partial charge is 0.373 e. The average molecular weight is 378 g/mol. The van der Waals surface area contributed by atoms with Gasteiger partial charge in [0.05, 0.1) is 5.69 Å². The van der Waals surface area contributed by atoms with Crippen molar-refractivity contribution in [3.8, 4) is 11.3 Å². The smallest absolute Gasteiger partial charge is 0.255 e. The molecule has 1 saturated heterocycles. The summed E-state index contributed by atoms with van der Waals surface area (Å²) in [5.74, 6) is -0.0967. The molecule has 144 valence electrons. The van der Waals surface area contributed by atoms with Gasteiger partial charge in [-0.25, -0.2) is 4.98 Å². The van der Waals surface area contributed by atoms with Gasteiger partial charge in [0.25, 0.3) is 5.91 Å². The number of carbonyl (C=O) groups excluding carboxylic acids is 3. The number of hydrogen-bond acceptors (Lipinski definition) is 5. The second-order valence-electron chi connectivity index (χ2n) is 7.04. The van der Waals surface area contributed by atoms with Crippen LogP contribution in [-0.4, -0.2) is 40.7 Å². The van der Waals surface area contributed by atoms with Crippen molar-refractivity contribution in [3.05, 3.63) is 47.0 Å². The minimum Gasteiger partial charge on any atom is -0.373 e. The molecule has 7 heteroatoms. The van der Waals surface area contributed by atoms with E-state index in [1.807, 2.05) is 31.3 Å². The number of hydrogen-bond donors (Lipinski definition) is 2. The van der Waals surface area contributed by atoms with Gasteiger partial charge in [0, 0.05) is 31.1 Å². The number of piperidine rings is 1. The molecule has 2 aliphatic rings. The fraction of sp³-hybridized carbons (Fsp3) is 0.333. The van der Waals surface area contributed by atoms with Crippen LogP contribution in [0.5, 0.6) is 0 Å². The molecule has 3 amide bonds. The highest BCUT2D eigenvalue weighted by atomic mass is 16.2. The van der Waals surface area contributed by atoms with E-state index in [4.69, 9.17) is 4.98 Å². The molecule has 1 aromatic carbocycles. The lowest BCUT2D eigenvalue weighted by molar-refractivity contribution is -0.136. The summed E-state index contributed by atoms with van der Waals surface area (Å²) in [6, 6.07) is 8.98. The number of pyridine rings is 1. The van der Waals surface area contributed by atoms with Gasteiger partial charge in [-0.3, -0.25) is 19.7 Å². The molecule has 2 aromatic rings. The number of rotatable bonds is 4. The molecule has 1 fully saturated rings. The average Bonchev–Trinajstić information content (AvgIpc) is 3.04. The number of aromatic nitrogens is 1. The second kappa shape index (κ2) is 7.07. The van der Waals surface area contributed by atoms with Crippen LogP contribution in [0.25, 0.3) is 11.3 Å². The van der Waals surface area contributed by atoms with Gasteiger partial charge in [-0.1, -0.05) is 25.1 Å². The molecule has 28 heavy (non-hydrogen) atoms. The standard InChI is InChI=1S/C21H22N4O3/c1-3-12-7-9-17(22-2)23-19(12)13-5-4-6-14-15(13)11-25(21(14)28)16-8-10-18(26)24-20(16)27/h4-7,9,16H,3,8,10-11H2,1-2H3,(H,22,23)(H,24,26,27). The number of nitrogens with zero attached hydrogens (tertiary/aromatic N) is 2. The highest BCUT2D eigenvalue weighted by Gasteiger charge is 2.40. The minimum atomic E-state index is -0.618. The van der Waals surface area contributed by atoms with Gasteiger partial charge in [-0.05, 0) is 36.1 Å². The van der Waals surface area contributed by atoms with Crippen LogP contribution in [-0.2, 0) is 22.6 Å². The van der Waals surface area contributed by atoms with Crippen molar-refractivity contribution in [2.75, 3.05) is 12.4 Å². The van der Waals surface area contributed by atoms with Gasteiger partial charge >= 0.3 is 0 Å². The first-order valence-electron chi connectivity index (χ1n) is 9.48. The second-order valence-corrected chi connectivity index (χ2v) is 7.04. The minimum absolute atomic E-state index is 0.172. The topological polar surface area (TPSA) is 91.4 Å². The maximum atomic E-state index is 13.0. The van der Waals surface area contributed by atoms with Crippen LogP contribution in [0.1, 0.15) is 41.3 Å².